The van der Waals surface area contributed by atoms with Crippen molar-refractivity contribution in [3.8, 4) is 11.5 Å². The summed E-state index contributed by atoms with van der Waals surface area (Å²) in [6, 6.07) is 25.5. The number of aromatic hydroxyl groups is 2. The molecule has 0 aliphatic heterocycles. The number of aryl methyl sites for hydroxylation is 2. The molecule has 0 saturated carbocycles. The topological polar surface area (TPSA) is 114 Å². The summed E-state index contributed by atoms with van der Waals surface area (Å²) in [5.74, 6) is 0.439. The largest absolute Gasteiger partial charge is 0.508 e. The van der Waals surface area contributed by atoms with Crippen LogP contribution in [0.15, 0.2) is 105 Å². The molecule has 0 aliphatic carbocycles. The van der Waals surface area contributed by atoms with Crippen molar-refractivity contribution < 1.29 is 10.2 Å². The Morgan fingerprint density at radius 3 is 1.28 bits per heavy atom. The summed E-state index contributed by atoms with van der Waals surface area (Å²) >= 11 is 0. The van der Waals surface area contributed by atoms with Gasteiger partial charge in [-0.2, -0.15) is 20.5 Å². The number of hydrogen-bond donors (Lipinski definition) is 4. The molecular formula is C28H28N6O2. The molecule has 0 radical (unpaired) electrons. The quantitative estimate of drug-likeness (QED) is 0.143. The van der Waals surface area contributed by atoms with Gasteiger partial charge in [0.1, 0.15) is 11.5 Å². The smallest absolute Gasteiger partial charge is 0.115 e. The number of anilines is 2. The number of nitrogens with one attached hydrogen (secondary N) is 2. The van der Waals surface area contributed by atoms with Gasteiger partial charge in [0.25, 0.3) is 0 Å². The van der Waals surface area contributed by atoms with Gasteiger partial charge in [0.05, 0.1) is 22.7 Å². The lowest BCUT2D eigenvalue weighted by molar-refractivity contribution is 0.474. The Bertz CT molecular complexity index is 1260. The number of phenolic OH excluding ortho intramolecular Hbond substituents is 2. The maximum atomic E-state index is 9.49. The fourth-order valence-corrected chi connectivity index (χ4v) is 3.43. The average Bonchev–Trinajstić information content (AvgIpc) is 2.87. The van der Waals surface area contributed by atoms with Crippen LogP contribution >= 0.6 is 0 Å². The molecule has 0 heterocycles. The third-order valence-corrected chi connectivity index (χ3v) is 5.43. The SMILES string of the molecule is Cc1cc(O)ccc1N=Nc1ccc(NCCNc2ccc(N=Nc3ccc(O)cc3C)cc2)cc1. The molecule has 0 amide bonds. The molecule has 0 bridgehead atoms. The maximum absolute atomic E-state index is 9.49. The molecule has 8 nitrogen and oxygen atoms in total. The van der Waals surface area contributed by atoms with Gasteiger partial charge in [-0.1, -0.05) is 0 Å². The van der Waals surface area contributed by atoms with Crippen molar-refractivity contribution >= 4 is 34.1 Å². The van der Waals surface area contributed by atoms with Gasteiger partial charge in [-0.25, -0.2) is 0 Å². The first kappa shape index (κ1) is 24.4. The van der Waals surface area contributed by atoms with Gasteiger partial charge in [-0.15, -0.1) is 0 Å². The van der Waals surface area contributed by atoms with Crippen LogP contribution in [0.3, 0.4) is 0 Å². The molecule has 0 spiro atoms. The second kappa shape index (κ2) is 11.6. The van der Waals surface area contributed by atoms with Gasteiger partial charge < -0.3 is 20.8 Å². The standard InChI is InChI=1S/C28H28N6O2/c1-19-17-25(35)11-13-27(19)33-31-23-7-3-21(4-8-23)29-15-16-30-22-5-9-24(10-6-22)32-34-28-14-12-26(36)18-20(28)2/h3-14,17-18,29-30,35-36H,15-16H2,1-2H3. The fourth-order valence-electron chi connectivity index (χ4n) is 3.43. The van der Waals surface area contributed by atoms with Crippen LogP contribution in [0.2, 0.25) is 0 Å². The van der Waals surface area contributed by atoms with E-state index in [4.69, 9.17) is 0 Å². The van der Waals surface area contributed by atoms with Gasteiger partial charge in [0, 0.05) is 24.5 Å². The van der Waals surface area contributed by atoms with E-state index in [2.05, 4.69) is 31.1 Å². The molecule has 0 saturated heterocycles. The second-order valence-electron chi connectivity index (χ2n) is 8.29. The third-order valence-electron chi connectivity index (χ3n) is 5.43. The van der Waals surface area contributed by atoms with Crippen molar-refractivity contribution in [2.75, 3.05) is 23.7 Å². The maximum Gasteiger partial charge on any atom is 0.115 e. The molecule has 0 aromatic heterocycles. The van der Waals surface area contributed by atoms with Gasteiger partial charge in [-0.05, 0) is 110 Å². The van der Waals surface area contributed by atoms with Crippen LogP contribution in [0, 0.1) is 13.8 Å². The molecule has 0 aliphatic rings. The third kappa shape index (κ3) is 6.89. The summed E-state index contributed by atoms with van der Waals surface area (Å²) in [7, 11) is 0. The van der Waals surface area contributed by atoms with Crippen LogP contribution in [0.1, 0.15) is 11.1 Å². The number of hydrogen-bond acceptors (Lipinski definition) is 8. The van der Waals surface area contributed by atoms with Crippen LogP contribution in [0.5, 0.6) is 11.5 Å². The molecule has 4 rings (SSSR count). The lowest BCUT2D eigenvalue weighted by Gasteiger charge is -2.09. The Labute approximate surface area is 210 Å². The van der Waals surface area contributed by atoms with Crippen LogP contribution in [-0.4, -0.2) is 23.3 Å². The monoisotopic (exact) mass is 480 g/mol. The summed E-state index contributed by atoms with van der Waals surface area (Å²) < 4.78 is 0. The van der Waals surface area contributed by atoms with Crippen molar-refractivity contribution in [3.05, 3.63) is 96.1 Å². The number of benzene rings is 4. The zero-order valence-electron chi connectivity index (χ0n) is 20.2. The van der Waals surface area contributed by atoms with E-state index in [0.29, 0.717) is 0 Å². The molecule has 36 heavy (non-hydrogen) atoms. The van der Waals surface area contributed by atoms with E-state index in [9.17, 15) is 10.2 Å². The van der Waals surface area contributed by atoms with E-state index in [1.807, 2.05) is 62.4 Å². The fraction of sp³-hybridized carbons (Fsp3) is 0.143. The van der Waals surface area contributed by atoms with E-state index in [0.717, 1.165) is 58.3 Å². The van der Waals surface area contributed by atoms with Crippen molar-refractivity contribution in [2.24, 2.45) is 20.5 Å². The molecule has 8 heteroatoms. The minimum atomic E-state index is 0.219. The Balaban J connectivity index is 1.22. The van der Waals surface area contributed by atoms with Gasteiger partial charge in [0.15, 0.2) is 0 Å². The summed E-state index contributed by atoms with van der Waals surface area (Å²) in [6.07, 6.45) is 0. The van der Waals surface area contributed by atoms with E-state index in [1.165, 1.54) is 0 Å². The van der Waals surface area contributed by atoms with Crippen molar-refractivity contribution in [1.29, 1.82) is 0 Å². The summed E-state index contributed by atoms with van der Waals surface area (Å²) in [5.41, 5.74) is 6.69. The zero-order valence-corrected chi connectivity index (χ0v) is 20.2. The highest BCUT2D eigenvalue weighted by molar-refractivity contribution is 5.54. The zero-order chi connectivity index (χ0) is 25.3. The van der Waals surface area contributed by atoms with Crippen molar-refractivity contribution in [3.63, 3.8) is 0 Å². The Morgan fingerprint density at radius 1 is 0.528 bits per heavy atom. The minimum Gasteiger partial charge on any atom is -0.508 e. The highest BCUT2D eigenvalue weighted by Crippen LogP contribution is 2.27. The molecule has 182 valence electrons. The number of phenols is 2. The van der Waals surface area contributed by atoms with E-state index < -0.39 is 0 Å². The van der Waals surface area contributed by atoms with Crippen molar-refractivity contribution in [2.45, 2.75) is 13.8 Å². The molecule has 0 unspecified atom stereocenters. The molecule has 0 atom stereocenters. The first-order chi connectivity index (χ1) is 17.5. The van der Waals surface area contributed by atoms with Gasteiger partial charge in [-0.3, -0.25) is 0 Å². The van der Waals surface area contributed by atoms with Crippen LogP contribution in [0.25, 0.3) is 0 Å². The molecule has 0 fully saturated rings. The summed E-state index contributed by atoms with van der Waals surface area (Å²) in [5, 5.41) is 42.8. The van der Waals surface area contributed by atoms with E-state index in [-0.39, 0.29) is 11.5 Å². The number of rotatable bonds is 9. The molecule has 4 aromatic rings. The highest BCUT2D eigenvalue weighted by atomic mass is 16.3. The predicted octanol–water partition coefficient (Wildman–Crippen LogP) is 8.07. The lowest BCUT2D eigenvalue weighted by atomic mass is 10.2. The van der Waals surface area contributed by atoms with E-state index >= 15 is 0 Å². The van der Waals surface area contributed by atoms with Crippen molar-refractivity contribution in [1.82, 2.24) is 0 Å². The number of nitrogens with zero attached hydrogens (tertiary/aromatic N) is 4. The highest BCUT2D eigenvalue weighted by Gasteiger charge is 2.00. The van der Waals surface area contributed by atoms with E-state index in [1.54, 1.807) is 36.4 Å². The Morgan fingerprint density at radius 2 is 0.917 bits per heavy atom. The minimum absolute atomic E-state index is 0.219. The van der Waals surface area contributed by atoms with Crippen LogP contribution in [-0.2, 0) is 0 Å². The Hall–Kier alpha value is -4.72. The second-order valence-corrected chi connectivity index (χ2v) is 8.29. The Kier molecular flexibility index (Phi) is 7.87. The molecule has 4 N–H and O–H groups in total. The van der Waals surface area contributed by atoms with Gasteiger partial charge >= 0.3 is 0 Å². The molecular weight excluding hydrogens is 452 g/mol. The first-order valence-corrected chi connectivity index (χ1v) is 11.6. The normalized spacial score (nSPS) is 11.3. The summed E-state index contributed by atoms with van der Waals surface area (Å²) in [6.45, 7) is 5.26. The molecule has 4 aromatic carbocycles. The first-order valence-electron chi connectivity index (χ1n) is 11.6. The predicted molar refractivity (Wildman–Crippen MR) is 144 cm³/mol. The van der Waals surface area contributed by atoms with Crippen LogP contribution < -0.4 is 10.6 Å². The van der Waals surface area contributed by atoms with Gasteiger partial charge in [0.2, 0.25) is 0 Å². The van der Waals surface area contributed by atoms with Crippen LogP contribution in [0.4, 0.5) is 34.1 Å². The summed E-state index contributed by atoms with van der Waals surface area (Å²) in [4.78, 5) is 0. The average molecular weight is 481 g/mol. The number of azo groups is 2. The lowest BCUT2D eigenvalue weighted by Crippen LogP contribution is -2.13.